The highest BCUT2D eigenvalue weighted by Gasteiger charge is 2.28. The summed E-state index contributed by atoms with van der Waals surface area (Å²) < 4.78 is 0. The van der Waals surface area contributed by atoms with E-state index >= 15 is 0 Å². The third-order valence-corrected chi connectivity index (χ3v) is 2.79. The van der Waals surface area contributed by atoms with Crippen molar-refractivity contribution in [3.05, 3.63) is 24.3 Å². The van der Waals surface area contributed by atoms with Crippen molar-refractivity contribution in [2.24, 2.45) is 0 Å². The van der Waals surface area contributed by atoms with Gasteiger partial charge in [0.1, 0.15) is 0 Å². The molecule has 0 radical (unpaired) electrons. The Morgan fingerprint density at radius 2 is 2.29 bits per heavy atom. The van der Waals surface area contributed by atoms with E-state index in [9.17, 15) is 4.79 Å². The fraction of sp³-hybridized carbons (Fsp3) is 0.300. The van der Waals surface area contributed by atoms with Gasteiger partial charge in [0.05, 0.1) is 5.38 Å². The number of amides is 1. The predicted molar refractivity (Wildman–Crippen MR) is 60.3 cm³/mol. The van der Waals surface area contributed by atoms with Gasteiger partial charge in [-0.3, -0.25) is 4.79 Å². The Hall–Kier alpha value is -0.670. The summed E-state index contributed by atoms with van der Waals surface area (Å²) in [6, 6.07) is 7.53. The number of carbonyl (C=O) groups excluding carboxylic acids is 1. The molecule has 0 aliphatic carbocycles. The first-order valence-corrected chi connectivity index (χ1v) is 5.28. The van der Waals surface area contributed by atoms with E-state index in [4.69, 9.17) is 11.6 Å². The van der Waals surface area contributed by atoms with Gasteiger partial charge in [-0.25, -0.2) is 0 Å². The highest BCUT2D eigenvalue weighted by atomic mass is 35.5. The lowest BCUT2D eigenvalue weighted by Crippen LogP contribution is -2.24. The standard InChI is InChI=1S/C10H10ClNOS/c11-7-4-10(13)12(6-7)8-2-1-3-9(14)5-8/h1-3,5,7,14H,4,6H2. The monoisotopic (exact) mass is 227 g/mol. The van der Waals surface area contributed by atoms with Crippen molar-refractivity contribution < 1.29 is 4.79 Å². The topological polar surface area (TPSA) is 20.3 Å². The summed E-state index contributed by atoms with van der Waals surface area (Å²) in [6.07, 6.45) is 0.429. The normalized spacial score (nSPS) is 21.7. The van der Waals surface area contributed by atoms with Crippen LogP contribution in [-0.2, 0) is 4.79 Å². The Morgan fingerprint density at radius 3 is 2.86 bits per heavy atom. The molecule has 1 aliphatic rings. The third kappa shape index (κ3) is 1.88. The summed E-state index contributed by atoms with van der Waals surface area (Å²) in [6.45, 7) is 0.595. The maximum Gasteiger partial charge on any atom is 0.228 e. The van der Waals surface area contributed by atoms with Crippen LogP contribution in [0.25, 0.3) is 0 Å². The van der Waals surface area contributed by atoms with E-state index in [1.165, 1.54) is 0 Å². The Balaban J connectivity index is 2.27. The van der Waals surface area contributed by atoms with Crippen LogP contribution in [0.15, 0.2) is 29.2 Å². The zero-order valence-electron chi connectivity index (χ0n) is 7.48. The summed E-state index contributed by atoms with van der Waals surface area (Å²) in [5.41, 5.74) is 0.880. The molecule has 14 heavy (non-hydrogen) atoms. The third-order valence-electron chi connectivity index (χ3n) is 2.22. The summed E-state index contributed by atoms with van der Waals surface area (Å²) in [7, 11) is 0. The van der Waals surface area contributed by atoms with Gasteiger partial charge in [-0.2, -0.15) is 0 Å². The molecule has 0 spiro atoms. The second kappa shape index (κ2) is 3.83. The van der Waals surface area contributed by atoms with E-state index in [1.807, 2.05) is 24.3 Å². The zero-order valence-corrected chi connectivity index (χ0v) is 9.13. The number of benzene rings is 1. The lowest BCUT2D eigenvalue weighted by Gasteiger charge is -2.15. The maximum atomic E-state index is 11.5. The number of rotatable bonds is 1. The van der Waals surface area contributed by atoms with Gasteiger partial charge >= 0.3 is 0 Å². The Kier molecular flexibility index (Phi) is 2.70. The van der Waals surface area contributed by atoms with E-state index in [0.717, 1.165) is 10.6 Å². The Labute approximate surface area is 93.3 Å². The molecule has 74 valence electrons. The number of alkyl halides is 1. The van der Waals surface area contributed by atoms with Crippen LogP contribution in [0.1, 0.15) is 6.42 Å². The van der Waals surface area contributed by atoms with Gasteiger partial charge in [0.2, 0.25) is 5.91 Å². The first-order valence-electron chi connectivity index (χ1n) is 4.40. The fourth-order valence-electron chi connectivity index (χ4n) is 1.57. The number of hydrogen-bond acceptors (Lipinski definition) is 2. The molecule has 1 fully saturated rings. The molecule has 1 aromatic rings. The van der Waals surface area contributed by atoms with Crippen molar-refractivity contribution >= 4 is 35.8 Å². The average Bonchev–Trinajstić information content (AvgIpc) is 2.45. The molecule has 1 heterocycles. The van der Waals surface area contributed by atoms with Gasteiger partial charge in [0.15, 0.2) is 0 Å². The largest absolute Gasteiger partial charge is 0.311 e. The van der Waals surface area contributed by atoms with Crippen molar-refractivity contribution in [1.82, 2.24) is 0 Å². The number of thiol groups is 1. The molecule has 1 atom stereocenters. The molecule has 1 amide bonds. The van der Waals surface area contributed by atoms with Gasteiger partial charge in [-0.1, -0.05) is 6.07 Å². The van der Waals surface area contributed by atoms with Crippen molar-refractivity contribution in [2.75, 3.05) is 11.4 Å². The van der Waals surface area contributed by atoms with Crippen LogP contribution < -0.4 is 4.90 Å². The SMILES string of the molecule is O=C1CC(Cl)CN1c1cccc(S)c1. The van der Waals surface area contributed by atoms with Crippen LogP contribution in [0.2, 0.25) is 0 Å². The average molecular weight is 228 g/mol. The van der Waals surface area contributed by atoms with Gasteiger partial charge in [0.25, 0.3) is 0 Å². The van der Waals surface area contributed by atoms with E-state index in [2.05, 4.69) is 12.6 Å². The van der Waals surface area contributed by atoms with Crippen LogP contribution in [0.5, 0.6) is 0 Å². The molecule has 4 heteroatoms. The second-order valence-electron chi connectivity index (χ2n) is 3.33. The second-order valence-corrected chi connectivity index (χ2v) is 4.46. The summed E-state index contributed by atoms with van der Waals surface area (Å²) in [4.78, 5) is 14.1. The summed E-state index contributed by atoms with van der Waals surface area (Å²) in [5.74, 6) is 0.0870. The smallest absolute Gasteiger partial charge is 0.228 e. The lowest BCUT2D eigenvalue weighted by molar-refractivity contribution is -0.117. The van der Waals surface area contributed by atoms with E-state index in [-0.39, 0.29) is 11.3 Å². The van der Waals surface area contributed by atoms with Crippen molar-refractivity contribution in [3.8, 4) is 0 Å². The molecule has 2 nitrogen and oxygen atoms in total. The van der Waals surface area contributed by atoms with Crippen molar-refractivity contribution in [1.29, 1.82) is 0 Å². The van der Waals surface area contributed by atoms with Crippen molar-refractivity contribution in [3.63, 3.8) is 0 Å². The Bertz CT molecular complexity index is 369. The van der Waals surface area contributed by atoms with Crippen LogP contribution in [0.3, 0.4) is 0 Å². The number of carbonyl (C=O) groups is 1. The van der Waals surface area contributed by atoms with Crippen LogP contribution >= 0.6 is 24.2 Å². The zero-order chi connectivity index (χ0) is 10.1. The van der Waals surface area contributed by atoms with Crippen LogP contribution in [0, 0.1) is 0 Å². The van der Waals surface area contributed by atoms with Gasteiger partial charge < -0.3 is 4.90 Å². The van der Waals surface area contributed by atoms with Gasteiger partial charge in [-0.05, 0) is 18.2 Å². The molecular formula is C10H10ClNOS. The molecule has 1 saturated heterocycles. The van der Waals surface area contributed by atoms with Crippen LogP contribution in [-0.4, -0.2) is 17.8 Å². The minimum atomic E-state index is -0.0638. The van der Waals surface area contributed by atoms with E-state index in [1.54, 1.807) is 4.90 Å². The minimum absolute atomic E-state index is 0.0638. The van der Waals surface area contributed by atoms with Crippen LogP contribution in [0.4, 0.5) is 5.69 Å². The lowest BCUT2D eigenvalue weighted by atomic mass is 10.3. The molecule has 1 unspecified atom stereocenters. The first kappa shape index (κ1) is 9.87. The van der Waals surface area contributed by atoms with E-state index < -0.39 is 0 Å². The van der Waals surface area contributed by atoms with E-state index in [0.29, 0.717) is 13.0 Å². The molecule has 0 saturated carbocycles. The number of nitrogens with zero attached hydrogens (tertiary/aromatic N) is 1. The predicted octanol–water partition coefficient (Wildman–Crippen LogP) is 2.32. The number of anilines is 1. The van der Waals surface area contributed by atoms with Gasteiger partial charge in [0, 0.05) is 23.5 Å². The quantitative estimate of drug-likeness (QED) is 0.577. The first-order chi connectivity index (χ1) is 6.66. The minimum Gasteiger partial charge on any atom is -0.311 e. The summed E-state index contributed by atoms with van der Waals surface area (Å²) >= 11 is 10.1. The molecule has 1 aromatic carbocycles. The fourth-order valence-corrected chi connectivity index (χ4v) is 2.06. The maximum absolute atomic E-state index is 11.5. The molecule has 0 N–H and O–H groups in total. The summed E-state index contributed by atoms with van der Waals surface area (Å²) in [5, 5.41) is -0.0638. The number of hydrogen-bond donors (Lipinski definition) is 1. The highest BCUT2D eigenvalue weighted by molar-refractivity contribution is 7.80. The molecule has 0 bridgehead atoms. The highest BCUT2D eigenvalue weighted by Crippen LogP contribution is 2.25. The number of halogens is 1. The van der Waals surface area contributed by atoms with Gasteiger partial charge in [-0.15, -0.1) is 24.2 Å². The Morgan fingerprint density at radius 1 is 1.50 bits per heavy atom. The molecule has 2 rings (SSSR count). The molecular weight excluding hydrogens is 218 g/mol. The molecule has 1 aliphatic heterocycles. The van der Waals surface area contributed by atoms with Crippen molar-refractivity contribution in [2.45, 2.75) is 16.7 Å². The molecule has 0 aromatic heterocycles.